The van der Waals surface area contributed by atoms with Gasteiger partial charge in [-0.1, -0.05) is 53.7 Å². The number of esters is 1. The monoisotopic (exact) mass is 369 g/mol. The van der Waals surface area contributed by atoms with Gasteiger partial charge in [-0.15, -0.1) is 12.4 Å². The Bertz CT molecular complexity index is 602. The molecule has 1 saturated heterocycles. The van der Waals surface area contributed by atoms with Crippen LogP contribution in [0.2, 0.25) is 0 Å². The molecule has 2 rings (SSSR count). The minimum Gasteiger partial charge on any atom is -0.489 e. The van der Waals surface area contributed by atoms with Gasteiger partial charge in [-0.05, 0) is 28.0 Å². The molecular weight excluding hydrogens is 338 g/mol. The van der Waals surface area contributed by atoms with E-state index in [2.05, 4.69) is 65.1 Å². The van der Waals surface area contributed by atoms with Crippen molar-refractivity contribution in [1.82, 2.24) is 5.32 Å². The van der Waals surface area contributed by atoms with E-state index in [0.717, 1.165) is 5.75 Å². The number of nitrogens with one attached hydrogen (secondary N) is 1. The van der Waals surface area contributed by atoms with Crippen LogP contribution in [-0.2, 0) is 20.4 Å². The molecule has 0 bridgehead atoms. The zero-order chi connectivity index (χ0) is 18.1. The average molecular weight is 370 g/mol. The molecule has 5 heteroatoms. The van der Waals surface area contributed by atoms with E-state index in [0.29, 0.717) is 13.0 Å². The number of carbonyl (C=O) groups excluding carboxylic acids is 1. The summed E-state index contributed by atoms with van der Waals surface area (Å²) in [6.07, 6.45) is 0.618. The van der Waals surface area contributed by atoms with Crippen molar-refractivity contribution in [2.75, 3.05) is 13.7 Å². The lowest BCUT2D eigenvalue weighted by atomic mass is 9.80. The largest absolute Gasteiger partial charge is 0.489 e. The molecule has 1 aromatic carbocycles. The Morgan fingerprint density at radius 1 is 1.12 bits per heavy atom. The van der Waals surface area contributed by atoms with E-state index in [4.69, 9.17) is 9.47 Å². The van der Waals surface area contributed by atoms with Crippen LogP contribution in [0.3, 0.4) is 0 Å². The van der Waals surface area contributed by atoms with E-state index in [-0.39, 0.29) is 41.4 Å². The van der Waals surface area contributed by atoms with Gasteiger partial charge in [0.15, 0.2) is 0 Å². The first-order valence-corrected chi connectivity index (χ1v) is 8.65. The number of rotatable bonds is 3. The molecule has 1 aliphatic heterocycles. The number of methoxy groups -OCH3 is 1. The van der Waals surface area contributed by atoms with Crippen molar-refractivity contribution < 1.29 is 14.3 Å². The van der Waals surface area contributed by atoms with Gasteiger partial charge in [0.2, 0.25) is 0 Å². The third-order valence-corrected chi connectivity index (χ3v) is 4.52. The molecule has 0 aliphatic carbocycles. The predicted molar refractivity (Wildman–Crippen MR) is 104 cm³/mol. The summed E-state index contributed by atoms with van der Waals surface area (Å²) in [7, 11) is 1.42. The molecular formula is C20H32ClNO3. The van der Waals surface area contributed by atoms with Gasteiger partial charge in [0.1, 0.15) is 17.9 Å². The third-order valence-electron chi connectivity index (χ3n) is 4.52. The molecule has 0 radical (unpaired) electrons. The first-order chi connectivity index (χ1) is 11.0. The Hall–Kier alpha value is -1.26. The Kier molecular flexibility index (Phi) is 6.94. The van der Waals surface area contributed by atoms with Gasteiger partial charge < -0.3 is 14.8 Å². The second kappa shape index (κ2) is 7.96. The summed E-state index contributed by atoms with van der Waals surface area (Å²) in [6.45, 7) is 13.9. The number of benzene rings is 1. The second-order valence-corrected chi connectivity index (χ2v) is 8.67. The van der Waals surface area contributed by atoms with Crippen LogP contribution in [0.1, 0.15) is 59.1 Å². The lowest BCUT2D eigenvalue weighted by molar-refractivity contribution is -0.142. The SMILES string of the molecule is COC(=O)C1CC(Oc2ccc(C(C)(C)C)cc2C(C)(C)C)CN1.Cl. The molecule has 1 aliphatic rings. The lowest BCUT2D eigenvalue weighted by Gasteiger charge is -2.28. The van der Waals surface area contributed by atoms with Crippen molar-refractivity contribution in [3.05, 3.63) is 29.3 Å². The number of carbonyl (C=O) groups is 1. The first kappa shape index (κ1) is 21.8. The van der Waals surface area contributed by atoms with Crippen LogP contribution in [0.4, 0.5) is 0 Å². The maximum Gasteiger partial charge on any atom is 0.323 e. The van der Waals surface area contributed by atoms with Crippen LogP contribution in [0.15, 0.2) is 18.2 Å². The van der Waals surface area contributed by atoms with Crippen LogP contribution in [0, 0.1) is 0 Å². The number of hydrogen-bond acceptors (Lipinski definition) is 4. The molecule has 0 amide bonds. The van der Waals surface area contributed by atoms with Crippen LogP contribution >= 0.6 is 12.4 Å². The maximum absolute atomic E-state index is 11.7. The van der Waals surface area contributed by atoms with Gasteiger partial charge >= 0.3 is 5.97 Å². The summed E-state index contributed by atoms with van der Waals surface area (Å²) < 4.78 is 11.1. The van der Waals surface area contributed by atoms with Gasteiger partial charge in [-0.25, -0.2) is 0 Å². The highest BCUT2D eigenvalue weighted by molar-refractivity contribution is 5.85. The van der Waals surface area contributed by atoms with Gasteiger partial charge in [0.25, 0.3) is 0 Å². The second-order valence-electron chi connectivity index (χ2n) is 8.67. The Labute approximate surface area is 158 Å². The van der Waals surface area contributed by atoms with E-state index >= 15 is 0 Å². The van der Waals surface area contributed by atoms with Crippen molar-refractivity contribution >= 4 is 18.4 Å². The standard InChI is InChI=1S/C20H31NO3.ClH/c1-19(2,3)13-8-9-17(15(10-13)20(4,5)6)24-14-11-16(21-12-14)18(22)23-7;/h8-10,14,16,21H,11-12H2,1-7H3;1H. The fourth-order valence-electron chi connectivity index (χ4n) is 2.98. The molecule has 142 valence electrons. The molecule has 1 aromatic rings. The predicted octanol–water partition coefficient (Wildman–Crippen LogP) is 3.99. The zero-order valence-electron chi connectivity index (χ0n) is 16.4. The van der Waals surface area contributed by atoms with Crippen molar-refractivity contribution in [3.63, 3.8) is 0 Å². The van der Waals surface area contributed by atoms with Crippen molar-refractivity contribution in [2.45, 2.75) is 70.9 Å². The molecule has 0 aromatic heterocycles. The van der Waals surface area contributed by atoms with Crippen LogP contribution in [0.5, 0.6) is 5.75 Å². The van der Waals surface area contributed by atoms with Gasteiger partial charge in [-0.3, -0.25) is 4.79 Å². The molecule has 1 heterocycles. The molecule has 25 heavy (non-hydrogen) atoms. The van der Waals surface area contributed by atoms with E-state index < -0.39 is 0 Å². The number of ether oxygens (including phenoxy) is 2. The maximum atomic E-state index is 11.7. The molecule has 1 fully saturated rings. The third kappa shape index (κ3) is 5.35. The van der Waals surface area contributed by atoms with Crippen molar-refractivity contribution in [1.29, 1.82) is 0 Å². The summed E-state index contributed by atoms with van der Waals surface area (Å²) in [5.41, 5.74) is 2.60. The number of hydrogen-bond donors (Lipinski definition) is 1. The highest BCUT2D eigenvalue weighted by Crippen LogP contribution is 2.36. The Morgan fingerprint density at radius 2 is 1.76 bits per heavy atom. The quantitative estimate of drug-likeness (QED) is 0.818. The van der Waals surface area contributed by atoms with Crippen molar-refractivity contribution in [3.8, 4) is 5.75 Å². The molecule has 1 N–H and O–H groups in total. The summed E-state index contributed by atoms with van der Waals surface area (Å²) in [4.78, 5) is 11.7. The normalized spacial score (nSPS) is 20.8. The van der Waals surface area contributed by atoms with Crippen molar-refractivity contribution in [2.24, 2.45) is 0 Å². The van der Waals surface area contributed by atoms with E-state index in [1.165, 1.54) is 18.2 Å². The lowest BCUT2D eigenvalue weighted by Crippen LogP contribution is -2.31. The van der Waals surface area contributed by atoms with Gasteiger partial charge in [0.05, 0.1) is 7.11 Å². The summed E-state index contributed by atoms with van der Waals surface area (Å²) in [5.74, 6) is 0.688. The van der Waals surface area contributed by atoms with Gasteiger partial charge in [-0.2, -0.15) is 0 Å². The minimum absolute atomic E-state index is 0. The molecule has 0 spiro atoms. The minimum atomic E-state index is -0.271. The highest BCUT2D eigenvalue weighted by atomic mass is 35.5. The Balaban J connectivity index is 0.00000312. The highest BCUT2D eigenvalue weighted by Gasteiger charge is 2.32. The van der Waals surface area contributed by atoms with E-state index in [1.807, 2.05) is 0 Å². The molecule has 4 nitrogen and oxygen atoms in total. The summed E-state index contributed by atoms with van der Waals surface area (Å²) in [5, 5.41) is 3.17. The van der Waals surface area contributed by atoms with Crippen LogP contribution < -0.4 is 10.1 Å². The van der Waals surface area contributed by atoms with Gasteiger partial charge in [0, 0.05) is 13.0 Å². The fraction of sp³-hybridized carbons (Fsp3) is 0.650. The molecule has 0 saturated carbocycles. The fourth-order valence-corrected chi connectivity index (χ4v) is 2.98. The smallest absolute Gasteiger partial charge is 0.323 e. The van der Waals surface area contributed by atoms with E-state index in [1.54, 1.807) is 0 Å². The number of halogens is 1. The van der Waals surface area contributed by atoms with Crippen LogP contribution in [-0.4, -0.2) is 31.8 Å². The zero-order valence-corrected chi connectivity index (χ0v) is 17.3. The molecule has 2 unspecified atom stereocenters. The topological polar surface area (TPSA) is 47.6 Å². The van der Waals surface area contributed by atoms with Crippen LogP contribution in [0.25, 0.3) is 0 Å². The summed E-state index contributed by atoms with van der Waals surface area (Å²) in [6, 6.07) is 6.21. The summed E-state index contributed by atoms with van der Waals surface area (Å²) >= 11 is 0. The molecule has 2 atom stereocenters. The first-order valence-electron chi connectivity index (χ1n) is 8.65. The van der Waals surface area contributed by atoms with E-state index in [9.17, 15) is 4.79 Å². The average Bonchev–Trinajstić information content (AvgIpc) is 2.93. The Morgan fingerprint density at radius 3 is 2.28 bits per heavy atom.